The third-order valence-electron chi connectivity index (χ3n) is 6.22. The van der Waals surface area contributed by atoms with Gasteiger partial charge in [-0.05, 0) is 31.5 Å². The van der Waals surface area contributed by atoms with Gasteiger partial charge in [0.25, 0.3) is 0 Å². The fourth-order valence-electron chi connectivity index (χ4n) is 3.83. The number of fused-ring (bicyclic) bond motifs is 1. The van der Waals surface area contributed by atoms with Crippen LogP contribution in [0.3, 0.4) is 0 Å². The Bertz CT molecular complexity index is 969. The third-order valence-corrected chi connectivity index (χ3v) is 6.22. The van der Waals surface area contributed by atoms with E-state index in [9.17, 15) is 9.59 Å². The second-order valence-electron chi connectivity index (χ2n) is 8.56. The molecule has 0 spiro atoms. The molecular weight excluding hydrogens is 368 g/mol. The van der Waals surface area contributed by atoms with Crippen molar-refractivity contribution in [1.29, 1.82) is 0 Å². The largest absolute Gasteiger partial charge is 0.493 e. The Morgan fingerprint density at radius 3 is 2.72 bits per heavy atom. The molecule has 0 bridgehead atoms. The molecular formula is C24H30O5. The van der Waals surface area contributed by atoms with Crippen LogP contribution in [0, 0.1) is 17.3 Å². The molecule has 0 fully saturated rings. The molecule has 0 amide bonds. The SMILES string of the molecule is CC[C@@H](C)C(=O)O[C@@H]1CC=C(C)[C@H](COc2ccc3ccc(=O)oc3c2)C1(C)C. The molecule has 0 saturated heterocycles. The first-order valence-corrected chi connectivity index (χ1v) is 10.3. The van der Waals surface area contributed by atoms with E-state index in [4.69, 9.17) is 13.9 Å². The van der Waals surface area contributed by atoms with Crippen LogP contribution in [-0.2, 0) is 9.53 Å². The highest BCUT2D eigenvalue weighted by Gasteiger charge is 2.43. The molecule has 0 saturated carbocycles. The van der Waals surface area contributed by atoms with E-state index in [0.717, 1.165) is 18.2 Å². The summed E-state index contributed by atoms with van der Waals surface area (Å²) in [5, 5.41) is 0.850. The van der Waals surface area contributed by atoms with Gasteiger partial charge < -0.3 is 13.9 Å². The lowest BCUT2D eigenvalue weighted by Gasteiger charge is -2.43. The van der Waals surface area contributed by atoms with Crippen molar-refractivity contribution in [1.82, 2.24) is 0 Å². The summed E-state index contributed by atoms with van der Waals surface area (Å²) >= 11 is 0. The topological polar surface area (TPSA) is 65.7 Å². The van der Waals surface area contributed by atoms with E-state index in [1.807, 2.05) is 26.0 Å². The number of carbonyl (C=O) groups excluding carboxylic acids is 1. The molecule has 156 valence electrons. The number of hydrogen-bond acceptors (Lipinski definition) is 5. The zero-order chi connectivity index (χ0) is 21.2. The van der Waals surface area contributed by atoms with Crippen molar-refractivity contribution in [3.63, 3.8) is 0 Å². The highest BCUT2D eigenvalue weighted by molar-refractivity contribution is 5.77. The maximum Gasteiger partial charge on any atom is 0.336 e. The Labute approximate surface area is 171 Å². The fraction of sp³-hybridized carbons (Fsp3) is 0.500. The van der Waals surface area contributed by atoms with Crippen molar-refractivity contribution in [2.45, 2.75) is 53.6 Å². The highest BCUT2D eigenvalue weighted by atomic mass is 16.5. The highest BCUT2D eigenvalue weighted by Crippen LogP contribution is 2.43. The lowest BCUT2D eigenvalue weighted by atomic mass is 9.67. The molecule has 5 heteroatoms. The van der Waals surface area contributed by atoms with Crippen LogP contribution in [0.15, 0.2) is 51.2 Å². The van der Waals surface area contributed by atoms with Crippen molar-refractivity contribution in [3.05, 3.63) is 52.4 Å². The maximum absolute atomic E-state index is 12.3. The van der Waals surface area contributed by atoms with Gasteiger partial charge in [0.15, 0.2) is 0 Å². The number of benzene rings is 1. The normalized spacial score (nSPS) is 22.0. The summed E-state index contributed by atoms with van der Waals surface area (Å²) in [7, 11) is 0. The molecule has 2 aromatic rings. The van der Waals surface area contributed by atoms with Gasteiger partial charge in [-0.15, -0.1) is 0 Å². The van der Waals surface area contributed by atoms with E-state index in [1.54, 1.807) is 12.1 Å². The predicted molar refractivity (Wildman–Crippen MR) is 113 cm³/mol. The standard InChI is InChI=1S/C24H30O5/c1-6-15(2)23(26)29-21-11-7-16(3)19(24(21,4)5)14-27-18-10-8-17-9-12-22(25)28-20(17)13-18/h7-10,12-13,15,19,21H,6,11,14H2,1-5H3/t15-,19+,21-/m1/s1. The second-order valence-corrected chi connectivity index (χ2v) is 8.56. The lowest BCUT2D eigenvalue weighted by Crippen LogP contribution is -2.45. The monoisotopic (exact) mass is 398 g/mol. The zero-order valence-electron chi connectivity index (χ0n) is 17.9. The zero-order valence-corrected chi connectivity index (χ0v) is 17.9. The Hall–Kier alpha value is -2.56. The summed E-state index contributed by atoms with van der Waals surface area (Å²) in [6.07, 6.45) is 3.45. The summed E-state index contributed by atoms with van der Waals surface area (Å²) in [5.74, 6) is 0.515. The number of carbonyl (C=O) groups is 1. The van der Waals surface area contributed by atoms with Gasteiger partial charge >= 0.3 is 11.6 Å². The first-order valence-electron chi connectivity index (χ1n) is 10.3. The smallest absolute Gasteiger partial charge is 0.336 e. The van der Waals surface area contributed by atoms with E-state index in [0.29, 0.717) is 17.9 Å². The minimum atomic E-state index is -0.382. The molecule has 1 aromatic heterocycles. The average Bonchev–Trinajstić information content (AvgIpc) is 2.68. The summed E-state index contributed by atoms with van der Waals surface area (Å²) < 4.78 is 17.2. The molecule has 29 heavy (non-hydrogen) atoms. The molecule has 3 rings (SSSR count). The number of ether oxygens (including phenoxy) is 2. The Morgan fingerprint density at radius 2 is 2.00 bits per heavy atom. The summed E-state index contributed by atoms with van der Waals surface area (Å²) in [6, 6.07) is 8.63. The Balaban J connectivity index is 1.75. The predicted octanol–water partition coefficient (Wildman–Crippen LogP) is 5.12. The Morgan fingerprint density at radius 1 is 1.28 bits per heavy atom. The lowest BCUT2D eigenvalue weighted by molar-refractivity contribution is -0.162. The van der Waals surface area contributed by atoms with Crippen molar-refractivity contribution >= 4 is 16.9 Å². The van der Waals surface area contributed by atoms with Crippen LogP contribution in [0.1, 0.15) is 47.5 Å². The van der Waals surface area contributed by atoms with Crippen molar-refractivity contribution in [3.8, 4) is 5.75 Å². The van der Waals surface area contributed by atoms with E-state index in [1.165, 1.54) is 11.6 Å². The van der Waals surface area contributed by atoms with Gasteiger partial charge in [-0.1, -0.05) is 39.3 Å². The molecule has 0 radical (unpaired) electrons. The molecule has 1 aliphatic rings. The van der Waals surface area contributed by atoms with Gasteiger partial charge in [0.2, 0.25) is 0 Å². The molecule has 5 nitrogen and oxygen atoms in total. The van der Waals surface area contributed by atoms with Gasteiger partial charge in [-0.2, -0.15) is 0 Å². The van der Waals surface area contributed by atoms with E-state index in [-0.39, 0.29) is 34.9 Å². The average molecular weight is 398 g/mol. The number of rotatable bonds is 6. The summed E-state index contributed by atoms with van der Waals surface area (Å²) in [4.78, 5) is 23.8. The van der Waals surface area contributed by atoms with Crippen LogP contribution >= 0.6 is 0 Å². The third kappa shape index (κ3) is 4.55. The van der Waals surface area contributed by atoms with Crippen LogP contribution < -0.4 is 10.4 Å². The van der Waals surface area contributed by atoms with Crippen LogP contribution in [0.4, 0.5) is 0 Å². The minimum Gasteiger partial charge on any atom is -0.493 e. The van der Waals surface area contributed by atoms with Gasteiger partial charge in [0.1, 0.15) is 17.4 Å². The van der Waals surface area contributed by atoms with E-state index in [2.05, 4.69) is 26.8 Å². The van der Waals surface area contributed by atoms with Gasteiger partial charge in [-0.25, -0.2) is 4.79 Å². The number of esters is 1. The number of hydrogen-bond donors (Lipinski definition) is 0. The molecule has 1 aliphatic carbocycles. The summed E-state index contributed by atoms with van der Waals surface area (Å²) in [5.41, 5.74) is 1.10. The molecule has 0 N–H and O–H groups in total. The summed E-state index contributed by atoms with van der Waals surface area (Å²) in [6.45, 7) is 10.7. The maximum atomic E-state index is 12.3. The molecule has 0 unspecified atom stereocenters. The van der Waals surface area contributed by atoms with Crippen LogP contribution in [0.2, 0.25) is 0 Å². The van der Waals surface area contributed by atoms with Crippen LogP contribution in [0.5, 0.6) is 5.75 Å². The van der Waals surface area contributed by atoms with Crippen molar-refractivity contribution < 1.29 is 18.7 Å². The quantitative estimate of drug-likeness (QED) is 0.384. The van der Waals surface area contributed by atoms with Gasteiger partial charge in [0, 0.05) is 35.3 Å². The van der Waals surface area contributed by atoms with Gasteiger partial charge in [-0.3, -0.25) is 4.79 Å². The molecule has 1 heterocycles. The molecule has 1 aromatic carbocycles. The van der Waals surface area contributed by atoms with Crippen LogP contribution in [0.25, 0.3) is 11.0 Å². The van der Waals surface area contributed by atoms with Crippen molar-refractivity contribution in [2.24, 2.45) is 17.3 Å². The fourth-order valence-corrected chi connectivity index (χ4v) is 3.83. The first-order chi connectivity index (χ1) is 13.7. The molecule has 0 aliphatic heterocycles. The van der Waals surface area contributed by atoms with E-state index >= 15 is 0 Å². The second kappa shape index (κ2) is 8.44. The minimum absolute atomic E-state index is 0.0974. The first kappa shape index (κ1) is 21.2. The van der Waals surface area contributed by atoms with Gasteiger partial charge in [0.05, 0.1) is 12.5 Å². The van der Waals surface area contributed by atoms with Crippen molar-refractivity contribution in [2.75, 3.05) is 6.61 Å². The Kier molecular flexibility index (Phi) is 6.15. The molecule has 3 atom stereocenters. The van der Waals surface area contributed by atoms with E-state index < -0.39 is 0 Å². The van der Waals surface area contributed by atoms with Crippen LogP contribution in [-0.4, -0.2) is 18.7 Å².